The number of hydrogen-bond donors (Lipinski definition) is 3. The normalized spacial score (nSPS) is 12.4. The van der Waals surface area contributed by atoms with Gasteiger partial charge in [0.2, 0.25) is 0 Å². The molecule has 25 heavy (non-hydrogen) atoms. The maximum atomic E-state index is 9.03. The van der Waals surface area contributed by atoms with Crippen molar-refractivity contribution in [1.82, 2.24) is 0 Å². The van der Waals surface area contributed by atoms with Gasteiger partial charge in [0.15, 0.2) is 5.96 Å². The average Bonchev–Trinajstić information content (AvgIpc) is 2.62. The first-order valence-electron chi connectivity index (χ1n) is 8.48. The van der Waals surface area contributed by atoms with E-state index < -0.39 is 0 Å². The number of aliphatic hydroxyl groups is 1. The number of anilines is 1. The summed E-state index contributed by atoms with van der Waals surface area (Å²) in [6.07, 6.45) is 1.96. The summed E-state index contributed by atoms with van der Waals surface area (Å²) in [7, 11) is 0. The zero-order valence-electron chi connectivity index (χ0n) is 14.9. The van der Waals surface area contributed by atoms with Gasteiger partial charge in [-0.3, -0.25) is 4.99 Å². The van der Waals surface area contributed by atoms with Crippen LogP contribution in [0.2, 0.25) is 0 Å². The van der Waals surface area contributed by atoms with Gasteiger partial charge in [0, 0.05) is 12.2 Å². The first kappa shape index (κ1) is 21.4. The lowest BCUT2D eigenvalue weighted by Crippen LogP contribution is -2.23. The number of nitrogens with two attached hydrogens (primary N) is 1. The van der Waals surface area contributed by atoms with Crippen molar-refractivity contribution >= 4 is 35.6 Å². The van der Waals surface area contributed by atoms with Gasteiger partial charge < -0.3 is 16.2 Å². The Morgan fingerprint density at radius 3 is 2.24 bits per heavy atom. The summed E-state index contributed by atoms with van der Waals surface area (Å²) in [5.41, 5.74) is 10.3. The third kappa shape index (κ3) is 7.04. The molecule has 0 amide bonds. The van der Waals surface area contributed by atoms with Crippen LogP contribution in [-0.2, 0) is 13.0 Å². The predicted octanol–water partition coefficient (Wildman–Crippen LogP) is 4.28. The van der Waals surface area contributed by atoms with Crippen molar-refractivity contribution in [2.75, 3.05) is 11.9 Å². The molecule has 2 aromatic carbocycles. The van der Waals surface area contributed by atoms with Gasteiger partial charge in [-0.05, 0) is 47.6 Å². The zero-order chi connectivity index (χ0) is 17.4. The van der Waals surface area contributed by atoms with Crippen LogP contribution in [0.4, 0.5) is 5.69 Å². The van der Waals surface area contributed by atoms with Crippen LogP contribution in [0.3, 0.4) is 0 Å². The molecule has 0 saturated heterocycles. The number of aliphatic hydroxyl groups excluding tert-OH is 1. The quantitative estimate of drug-likeness (QED) is 0.333. The Morgan fingerprint density at radius 1 is 1.08 bits per heavy atom. The number of halogens is 1. The fourth-order valence-corrected chi connectivity index (χ4v) is 2.43. The van der Waals surface area contributed by atoms with Gasteiger partial charge in [-0.15, -0.1) is 24.0 Å². The second-order valence-electron chi connectivity index (χ2n) is 6.05. The molecule has 1 atom stereocenters. The van der Waals surface area contributed by atoms with Gasteiger partial charge in [-0.1, -0.05) is 50.2 Å². The van der Waals surface area contributed by atoms with Gasteiger partial charge >= 0.3 is 0 Å². The summed E-state index contributed by atoms with van der Waals surface area (Å²) in [6.45, 7) is 5.12. The van der Waals surface area contributed by atoms with E-state index in [0.29, 0.717) is 18.4 Å². The predicted molar refractivity (Wildman–Crippen MR) is 117 cm³/mol. The summed E-state index contributed by atoms with van der Waals surface area (Å²) >= 11 is 0. The molecule has 1 unspecified atom stereocenters. The van der Waals surface area contributed by atoms with E-state index in [1.54, 1.807) is 0 Å². The number of hydrogen-bond acceptors (Lipinski definition) is 2. The van der Waals surface area contributed by atoms with Crippen LogP contribution < -0.4 is 11.1 Å². The highest BCUT2D eigenvalue weighted by Gasteiger charge is 2.02. The highest BCUT2D eigenvalue weighted by Crippen LogP contribution is 2.20. The van der Waals surface area contributed by atoms with Crippen LogP contribution >= 0.6 is 24.0 Å². The number of aliphatic imine (C=N–C) groups is 1. The Morgan fingerprint density at radius 2 is 1.68 bits per heavy atom. The lowest BCUT2D eigenvalue weighted by Gasteiger charge is -2.10. The van der Waals surface area contributed by atoms with Crippen LogP contribution in [0.15, 0.2) is 53.5 Å². The second kappa shape index (κ2) is 11.1. The summed E-state index contributed by atoms with van der Waals surface area (Å²) in [6, 6.07) is 16.2. The van der Waals surface area contributed by atoms with Crippen LogP contribution in [0, 0.1) is 0 Å². The minimum absolute atomic E-state index is 0. The molecule has 4 N–H and O–H groups in total. The van der Waals surface area contributed by atoms with Crippen LogP contribution in [-0.4, -0.2) is 17.6 Å². The number of benzene rings is 2. The average molecular weight is 453 g/mol. The molecule has 0 heterocycles. The molecule has 4 nitrogen and oxygen atoms in total. The van der Waals surface area contributed by atoms with Crippen molar-refractivity contribution < 1.29 is 5.11 Å². The molecule has 2 aromatic rings. The number of nitrogens with zero attached hydrogens (tertiary/aromatic N) is 1. The number of guanidine groups is 1. The van der Waals surface area contributed by atoms with E-state index in [4.69, 9.17) is 10.8 Å². The molecule has 2 rings (SSSR count). The van der Waals surface area contributed by atoms with Crippen LogP contribution in [0.5, 0.6) is 0 Å². The maximum Gasteiger partial charge on any atom is 0.193 e. The van der Waals surface area contributed by atoms with Crippen molar-refractivity contribution in [3.05, 3.63) is 65.2 Å². The van der Waals surface area contributed by atoms with Gasteiger partial charge in [-0.2, -0.15) is 0 Å². The zero-order valence-corrected chi connectivity index (χ0v) is 17.2. The molecular formula is C20H28IN3O. The SMILES string of the molecule is CCC(C)c1ccc(NC(N)=NCCc2ccc(CO)cc2)cc1.I. The van der Waals surface area contributed by atoms with E-state index in [1.165, 1.54) is 11.1 Å². The smallest absolute Gasteiger partial charge is 0.193 e. The minimum atomic E-state index is 0. The van der Waals surface area contributed by atoms with E-state index >= 15 is 0 Å². The first-order chi connectivity index (χ1) is 11.6. The lowest BCUT2D eigenvalue weighted by atomic mass is 9.99. The van der Waals surface area contributed by atoms with Gasteiger partial charge in [-0.25, -0.2) is 0 Å². The second-order valence-corrected chi connectivity index (χ2v) is 6.05. The highest BCUT2D eigenvalue weighted by molar-refractivity contribution is 14.0. The van der Waals surface area contributed by atoms with Gasteiger partial charge in [0.1, 0.15) is 0 Å². The van der Waals surface area contributed by atoms with Crippen molar-refractivity contribution in [2.24, 2.45) is 10.7 Å². The highest BCUT2D eigenvalue weighted by atomic mass is 127. The minimum Gasteiger partial charge on any atom is -0.392 e. The lowest BCUT2D eigenvalue weighted by molar-refractivity contribution is 0.282. The van der Waals surface area contributed by atoms with Crippen LogP contribution in [0.25, 0.3) is 0 Å². The van der Waals surface area contributed by atoms with Crippen molar-refractivity contribution in [3.63, 3.8) is 0 Å². The molecule has 0 radical (unpaired) electrons. The van der Waals surface area contributed by atoms with Crippen LogP contribution in [0.1, 0.15) is 42.9 Å². The number of nitrogens with one attached hydrogen (secondary N) is 1. The van der Waals surface area contributed by atoms with Gasteiger partial charge in [0.25, 0.3) is 0 Å². The molecule has 0 aliphatic carbocycles. The molecule has 5 heteroatoms. The number of rotatable bonds is 7. The molecule has 0 spiro atoms. The molecule has 0 fully saturated rings. The third-order valence-electron chi connectivity index (χ3n) is 4.25. The standard InChI is InChI=1S/C20H27N3O.HI/c1-3-15(2)18-8-10-19(11-9-18)23-20(21)22-13-12-16-4-6-17(14-24)7-5-16;/h4-11,15,24H,3,12-14H2,1-2H3,(H3,21,22,23);1H. The fraction of sp³-hybridized carbons (Fsp3) is 0.350. The monoisotopic (exact) mass is 453 g/mol. The maximum absolute atomic E-state index is 9.03. The molecule has 0 aliphatic heterocycles. The van der Waals surface area contributed by atoms with E-state index in [9.17, 15) is 0 Å². The molecule has 0 bridgehead atoms. The Hall–Kier alpha value is -1.60. The Kier molecular flexibility index (Phi) is 9.52. The Balaban J connectivity index is 0.00000312. The molecule has 136 valence electrons. The van der Waals surface area contributed by atoms with Gasteiger partial charge in [0.05, 0.1) is 6.61 Å². The summed E-state index contributed by atoms with van der Waals surface area (Å²) < 4.78 is 0. The summed E-state index contributed by atoms with van der Waals surface area (Å²) in [5.74, 6) is 1.00. The van der Waals surface area contributed by atoms with E-state index in [1.807, 2.05) is 36.4 Å². The fourth-order valence-electron chi connectivity index (χ4n) is 2.43. The van der Waals surface area contributed by atoms with E-state index in [2.05, 4.69) is 36.3 Å². The van der Waals surface area contributed by atoms with Crippen molar-refractivity contribution in [3.8, 4) is 0 Å². The summed E-state index contributed by atoms with van der Waals surface area (Å²) in [5, 5.41) is 12.2. The molecule has 0 saturated carbocycles. The third-order valence-corrected chi connectivity index (χ3v) is 4.25. The Bertz CT molecular complexity index is 654. The van der Waals surface area contributed by atoms with Crippen molar-refractivity contribution in [2.45, 2.75) is 39.2 Å². The molecule has 0 aromatic heterocycles. The first-order valence-corrected chi connectivity index (χ1v) is 8.48. The van der Waals surface area contributed by atoms with E-state index in [0.717, 1.165) is 24.1 Å². The summed E-state index contributed by atoms with van der Waals surface area (Å²) in [4.78, 5) is 4.36. The van der Waals surface area contributed by atoms with Crippen molar-refractivity contribution in [1.29, 1.82) is 0 Å². The Labute approximate surface area is 167 Å². The topological polar surface area (TPSA) is 70.6 Å². The largest absolute Gasteiger partial charge is 0.392 e. The van der Waals surface area contributed by atoms with E-state index in [-0.39, 0.29) is 30.6 Å². The molecular weight excluding hydrogens is 425 g/mol. The molecule has 0 aliphatic rings.